The van der Waals surface area contributed by atoms with E-state index in [1.54, 1.807) is 6.92 Å². The number of benzene rings is 1. The van der Waals surface area contributed by atoms with Crippen LogP contribution in [0.15, 0.2) is 29.2 Å². The summed E-state index contributed by atoms with van der Waals surface area (Å²) in [6.45, 7) is 1.55. The van der Waals surface area contributed by atoms with Crippen LogP contribution in [0.3, 0.4) is 0 Å². The molecular weight excluding hydrogens is 293 g/mol. The van der Waals surface area contributed by atoms with E-state index >= 15 is 0 Å². The third-order valence-corrected chi connectivity index (χ3v) is 6.57. The maximum Gasteiger partial charge on any atom is 0.241 e. The zero-order valence-electron chi connectivity index (χ0n) is 10.3. The lowest BCUT2D eigenvalue weighted by molar-refractivity contribution is 0.461. The molecule has 1 saturated heterocycles. The Bertz CT molecular complexity index is 682. The Morgan fingerprint density at radius 3 is 2.32 bits per heavy atom. The summed E-state index contributed by atoms with van der Waals surface area (Å²) in [4.78, 5) is -0.0839. The van der Waals surface area contributed by atoms with Gasteiger partial charge in [0.05, 0.1) is 16.4 Å². The van der Waals surface area contributed by atoms with Crippen LogP contribution in [0.2, 0.25) is 0 Å². The molecule has 0 spiro atoms. The third kappa shape index (κ3) is 3.31. The second-order valence-electron chi connectivity index (χ2n) is 4.96. The summed E-state index contributed by atoms with van der Waals surface area (Å²) < 4.78 is 62.2. The van der Waals surface area contributed by atoms with Gasteiger partial charge in [0.2, 0.25) is 10.0 Å². The van der Waals surface area contributed by atoms with E-state index in [0.717, 1.165) is 24.3 Å². The first kappa shape index (κ1) is 14.4. The summed E-state index contributed by atoms with van der Waals surface area (Å²) in [5, 5.41) is 0. The van der Waals surface area contributed by atoms with Crippen molar-refractivity contribution in [2.24, 2.45) is 0 Å². The molecule has 0 amide bonds. The highest BCUT2D eigenvalue weighted by molar-refractivity contribution is 7.92. The molecule has 2 rings (SSSR count). The van der Waals surface area contributed by atoms with Gasteiger partial charge < -0.3 is 0 Å². The standard InChI is InChI=1S/C11H14FNO4S2/c1-11(6-7-18(14,15)8-11)13-19(16,17)10-4-2-9(12)3-5-10/h2-5,13H,6-8H2,1H3. The summed E-state index contributed by atoms with van der Waals surface area (Å²) in [5.41, 5.74) is -1.01. The molecule has 1 aromatic rings. The summed E-state index contributed by atoms with van der Waals surface area (Å²) >= 11 is 0. The molecule has 1 unspecified atom stereocenters. The summed E-state index contributed by atoms with van der Waals surface area (Å²) in [6, 6.07) is 4.37. The van der Waals surface area contributed by atoms with E-state index in [9.17, 15) is 21.2 Å². The minimum atomic E-state index is -3.85. The SMILES string of the molecule is CC1(NS(=O)(=O)c2ccc(F)cc2)CCS(=O)(=O)C1. The third-order valence-electron chi connectivity index (χ3n) is 3.01. The number of rotatable bonds is 3. The molecule has 8 heteroatoms. The fraction of sp³-hybridized carbons (Fsp3) is 0.455. The molecule has 0 saturated carbocycles. The quantitative estimate of drug-likeness (QED) is 0.890. The molecule has 0 aliphatic carbocycles. The number of hydrogen-bond acceptors (Lipinski definition) is 4. The van der Waals surface area contributed by atoms with Crippen LogP contribution in [0.4, 0.5) is 4.39 Å². The van der Waals surface area contributed by atoms with Gasteiger partial charge >= 0.3 is 0 Å². The summed E-state index contributed by atoms with van der Waals surface area (Å²) in [5.74, 6) is -0.788. The van der Waals surface area contributed by atoms with Gasteiger partial charge in [-0.1, -0.05) is 0 Å². The van der Waals surface area contributed by atoms with Crippen molar-refractivity contribution in [1.29, 1.82) is 0 Å². The van der Waals surface area contributed by atoms with Crippen molar-refractivity contribution in [2.75, 3.05) is 11.5 Å². The van der Waals surface area contributed by atoms with Crippen LogP contribution in [0.25, 0.3) is 0 Å². The Balaban J connectivity index is 2.25. The average Bonchev–Trinajstić information content (AvgIpc) is 2.52. The van der Waals surface area contributed by atoms with Crippen LogP contribution >= 0.6 is 0 Å². The van der Waals surface area contributed by atoms with Gasteiger partial charge in [0.15, 0.2) is 9.84 Å². The van der Waals surface area contributed by atoms with E-state index in [1.807, 2.05) is 0 Å². The van der Waals surface area contributed by atoms with Crippen molar-refractivity contribution in [3.63, 3.8) is 0 Å². The van der Waals surface area contributed by atoms with Gasteiger partial charge in [-0.3, -0.25) is 0 Å². The highest BCUT2D eigenvalue weighted by Crippen LogP contribution is 2.25. The van der Waals surface area contributed by atoms with Crippen molar-refractivity contribution in [1.82, 2.24) is 4.72 Å². The maximum absolute atomic E-state index is 12.8. The maximum atomic E-state index is 12.8. The van der Waals surface area contributed by atoms with E-state index in [2.05, 4.69) is 4.72 Å². The summed E-state index contributed by atoms with van der Waals surface area (Å²) in [7, 11) is -7.05. The van der Waals surface area contributed by atoms with Gasteiger partial charge in [0.1, 0.15) is 5.82 Å². The summed E-state index contributed by atoms with van der Waals surface area (Å²) in [6.07, 6.45) is 0.232. The lowest BCUT2D eigenvalue weighted by atomic mass is 10.0. The smallest absolute Gasteiger partial charge is 0.229 e. The van der Waals surface area contributed by atoms with E-state index in [4.69, 9.17) is 0 Å². The number of sulfonamides is 1. The first-order valence-corrected chi connectivity index (χ1v) is 8.92. The van der Waals surface area contributed by atoms with E-state index in [1.165, 1.54) is 0 Å². The minimum absolute atomic E-state index is 0.0323. The Hall–Kier alpha value is -0.990. The van der Waals surface area contributed by atoms with E-state index < -0.39 is 31.2 Å². The first-order chi connectivity index (χ1) is 8.62. The van der Waals surface area contributed by atoms with Crippen LogP contribution < -0.4 is 4.72 Å². The van der Waals surface area contributed by atoms with E-state index in [-0.39, 0.29) is 22.8 Å². The van der Waals surface area contributed by atoms with Crippen LogP contribution in [-0.4, -0.2) is 33.9 Å². The predicted octanol–water partition coefficient (Wildman–Crippen LogP) is 0.681. The average molecular weight is 307 g/mol. The normalized spacial score (nSPS) is 26.4. The molecule has 1 aliphatic rings. The number of hydrogen-bond donors (Lipinski definition) is 1. The van der Waals surface area contributed by atoms with Gasteiger partial charge in [0.25, 0.3) is 0 Å². The Morgan fingerprint density at radius 1 is 1.26 bits per heavy atom. The van der Waals surface area contributed by atoms with Gasteiger partial charge in [0, 0.05) is 5.54 Å². The molecule has 1 N–H and O–H groups in total. The molecule has 0 aromatic heterocycles. The topological polar surface area (TPSA) is 80.3 Å². The zero-order valence-corrected chi connectivity index (χ0v) is 11.9. The molecule has 1 atom stereocenters. The fourth-order valence-electron chi connectivity index (χ4n) is 2.09. The lowest BCUT2D eigenvalue weighted by Crippen LogP contribution is -2.46. The highest BCUT2D eigenvalue weighted by Gasteiger charge is 2.41. The van der Waals surface area contributed by atoms with Crippen molar-refractivity contribution in [3.8, 4) is 0 Å². The molecular formula is C11H14FNO4S2. The van der Waals surface area contributed by atoms with Crippen LogP contribution in [0.5, 0.6) is 0 Å². The van der Waals surface area contributed by atoms with Crippen molar-refractivity contribution in [3.05, 3.63) is 30.1 Å². The van der Waals surface area contributed by atoms with Gasteiger partial charge in [-0.2, -0.15) is 0 Å². The van der Waals surface area contributed by atoms with Crippen LogP contribution in [0.1, 0.15) is 13.3 Å². The zero-order chi connectivity index (χ0) is 14.3. The van der Waals surface area contributed by atoms with Crippen LogP contribution in [-0.2, 0) is 19.9 Å². The number of halogens is 1. The largest absolute Gasteiger partial charge is 0.241 e. The van der Waals surface area contributed by atoms with Crippen LogP contribution in [0, 0.1) is 5.82 Å². The van der Waals surface area contributed by atoms with Gasteiger partial charge in [-0.25, -0.2) is 25.9 Å². The molecule has 19 heavy (non-hydrogen) atoms. The van der Waals surface area contributed by atoms with Crippen molar-refractivity contribution in [2.45, 2.75) is 23.8 Å². The number of nitrogens with one attached hydrogen (secondary N) is 1. The molecule has 0 radical (unpaired) electrons. The Morgan fingerprint density at radius 2 is 1.84 bits per heavy atom. The van der Waals surface area contributed by atoms with Crippen molar-refractivity contribution >= 4 is 19.9 Å². The Kier molecular flexibility index (Phi) is 3.44. The molecule has 5 nitrogen and oxygen atoms in total. The highest BCUT2D eigenvalue weighted by atomic mass is 32.2. The number of sulfone groups is 1. The second-order valence-corrected chi connectivity index (χ2v) is 8.83. The van der Waals surface area contributed by atoms with Gasteiger partial charge in [-0.15, -0.1) is 0 Å². The molecule has 0 bridgehead atoms. The molecule has 1 heterocycles. The van der Waals surface area contributed by atoms with Crippen molar-refractivity contribution < 1.29 is 21.2 Å². The monoisotopic (exact) mass is 307 g/mol. The second kappa shape index (κ2) is 4.53. The lowest BCUT2D eigenvalue weighted by Gasteiger charge is -2.23. The molecule has 106 valence electrons. The Labute approximate surface area is 111 Å². The first-order valence-electron chi connectivity index (χ1n) is 5.62. The molecule has 1 fully saturated rings. The predicted molar refractivity (Wildman–Crippen MR) is 68.4 cm³/mol. The fourth-order valence-corrected chi connectivity index (χ4v) is 5.71. The molecule has 1 aliphatic heterocycles. The van der Waals surface area contributed by atoms with E-state index in [0.29, 0.717) is 0 Å². The minimum Gasteiger partial charge on any atom is -0.229 e. The molecule has 1 aromatic carbocycles. The van der Waals surface area contributed by atoms with Gasteiger partial charge in [-0.05, 0) is 37.6 Å².